The van der Waals surface area contributed by atoms with Gasteiger partial charge in [0.25, 0.3) is 0 Å². The standard InChI is InChI=1S/C26H37N5O6S/c1-17(2)15-31(38(35,36)21-10-8-19(27)9-11-21)16-24(32)22(12-18-6-4-3-5-7-18)30-26(34)37-20-13-23(25(28)33)29-14-20/h3-11,17,20,22-24,29,32H,12-16,27H2,1-2H3,(H2,28,33)(H,30,34)/t20-,22+,23+,24-/m1/s1. The van der Waals surface area contributed by atoms with E-state index < -0.39 is 46.3 Å². The number of aliphatic hydroxyl groups is 1. The number of nitrogens with two attached hydrogens (primary N) is 2. The summed E-state index contributed by atoms with van der Waals surface area (Å²) >= 11 is 0. The number of alkyl carbamates (subject to hydrolysis) is 1. The molecule has 0 saturated carbocycles. The van der Waals surface area contributed by atoms with E-state index in [0.717, 1.165) is 5.56 Å². The van der Waals surface area contributed by atoms with Gasteiger partial charge >= 0.3 is 6.09 Å². The number of aliphatic hydroxyl groups excluding tert-OH is 1. The van der Waals surface area contributed by atoms with Crippen LogP contribution in [-0.2, 0) is 26.0 Å². The second-order valence-corrected chi connectivity index (χ2v) is 11.9. The Kier molecular flexibility index (Phi) is 10.1. The number of benzene rings is 2. The van der Waals surface area contributed by atoms with Crippen LogP contribution in [0.15, 0.2) is 59.5 Å². The van der Waals surface area contributed by atoms with Gasteiger partial charge in [0.15, 0.2) is 0 Å². The fraction of sp³-hybridized carbons (Fsp3) is 0.462. The first-order valence-corrected chi connectivity index (χ1v) is 14.0. The largest absolute Gasteiger partial charge is 0.445 e. The number of rotatable bonds is 12. The minimum absolute atomic E-state index is 0.0238. The summed E-state index contributed by atoms with van der Waals surface area (Å²) in [7, 11) is -3.95. The molecule has 11 nitrogen and oxygen atoms in total. The van der Waals surface area contributed by atoms with Gasteiger partial charge in [-0.25, -0.2) is 13.2 Å². The Morgan fingerprint density at radius 3 is 2.37 bits per heavy atom. The molecule has 0 unspecified atom stereocenters. The number of sulfonamides is 1. The minimum Gasteiger partial charge on any atom is -0.445 e. The second-order valence-electron chi connectivity index (χ2n) is 9.92. The number of carbonyl (C=O) groups excluding carboxylic acids is 2. The Labute approximate surface area is 223 Å². The smallest absolute Gasteiger partial charge is 0.407 e. The first kappa shape index (κ1) is 29.4. The van der Waals surface area contributed by atoms with E-state index in [1.165, 1.54) is 28.6 Å². The number of amides is 2. The van der Waals surface area contributed by atoms with Crippen molar-refractivity contribution < 1.29 is 27.9 Å². The number of carbonyl (C=O) groups is 2. The maximum absolute atomic E-state index is 13.5. The molecule has 12 heteroatoms. The van der Waals surface area contributed by atoms with E-state index in [2.05, 4.69) is 10.6 Å². The molecular weight excluding hydrogens is 510 g/mol. The lowest BCUT2D eigenvalue weighted by Gasteiger charge is -2.30. The van der Waals surface area contributed by atoms with E-state index >= 15 is 0 Å². The Morgan fingerprint density at radius 2 is 1.79 bits per heavy atom. The fourth-order valence-corrected chi connectivity index (χ4v) is 5.92. The van der Waals surface area contributed by atoms with Gasteiger partial charge in [-0.1, -0.05) is 44.2 Å². The predicted molar refractivity (Wildman–Crippen MR) is 143 cm³/mol. The van der Waals surface area contributed by atoms with Crippen LogP contribution in [0.3, 0.4) is 0 Å². The topological polar surface area (TPSA) is 177 Å². The van der Waals surface area contributed by atoms with E-state index in [1.54, 1.807) is 0 Å². The maximum Gasteiger partial charge on any atom is 0.407 e. The fourth-order valence-electron chi connectivity index (χ4n) is 4.30. The predicted octanol–water partition coefficient (Wildman–Crippen LogP) is 0.830. The maximum atomic E-state index is 13.5. The minimum atomic E-state index is -3.95. The number of nitrogens with zero attached hydrogens (tertiary/aromatic N) is 1. The third-order valence-electron chi connectivity index (χ3n) is 6.25. The first-order chi connectivity index (χ1) is 18.0. The average Bonchev–Trinajstić information content (AvgIpc) is 3.32. The van der Waals surface area contributed by atoms with Gasteiger partial charge in [-0.15, -0.1) is 0 Å². The van der Waals surface area contributed by atoms with Crippen molar-refractivity contribution >= 4 is 27.7 Å². The van der Waals surface area contributed by atoms with Gasteiger partial charge in [0.1, 0.15) is 6.10 Å². The highest BCUT2D eigenvalue weighted by Crippen LogP contribution is 2.20. The zero-order chi connectivity index (χ0) is 27.9. The third kappa shape index (κ3) is 8.15. The SMILES string of the molecule is CC(C)CN(C[C@@H](O)[C@H](Cc1ccccc1)NC(=O)O[C@H]1CN[C@H](C(N)=O)C1)S(=O)(=O)c1ccc(N)cc1. The highest BCUT2D eigenvalue weighted by molar-refractivity contribution is 7.89. The van der Waals surface area contributed by atoms with E-state index in [1.807, 2.05) is 44.2 Å². The molecule has 3 rings (SSSR count). The molecule has 4 atom stereocenters. The van der Waals surface area contributed by atoms with Gasteiger partial charge in [0.2, 0.25) is 15.9 Å². The van der Waals surface area contributed by atoms with E-state index in [9.17, 15) is 23.1 Å². The number of nitrogens with one attached hydrogen (secondary N) is 2. The molecule has 1 saturated heterocycles. The van der Waals surface area contributed by atoms with Crippen molar-refractivity contribution in [3.05, 3.63) is 60.2 Å². The Bertz CT molecular complexity index is 1180. The number of anilines is 1. The van der Waals surface area contributed by atoms with E-state index in [0.29, 0.717) is 5.69 Å². The molecule has 0 bridgehead atoms. The van der Waals surface area contributed by atoms with Gasteiger partial charge in [-0.2, -0.15) is 4.31 Å². The molecule has 208 valence electrons. The van der Waals surface area contributed by atoms with Gasteiger partial charge < -0.3 is 31.9 Å². The number of primary amides is 1. The lowest BCUT2D eigenvalue weighted by atomic mass is 10.0. The summed E-state index contributed by atoms with van der Waals surface area (Å²) in [6, 6.07) is 13.6. The van der Waals surface area contributed by atoms with Crippen LogP contribution < -0.4 is 22.1 Å². The lowest BCUT2D eigenvalue weighted by Crippen LogP contribution is -2.51. The van der Waals surface area contributed by atoms with E-state index in [-0.39, 0.29) is 43.3 Å². The van der Waals surface area contributed by atoms with Crippen LogP contribution in [0.2, 0.25) is 0 Å². The number of hydrogen-bond donors (Lipinski definition) is 5. The van der Waals surface area contributed by atoms with Gasteiger partial charge in [0.05, 0.1) is 23.1 Å². The van der Waals surface area contributed by atoms with Crippen molar-refractivity contribution in [2.24, 2.45) is 11.7 Å². The molecule has 7 N–H and O–H groups in total. The third-order valence-corrected chi connectivity index (χ3v) is 8.10. The quantitative estimate of drug-likeness (QED) is 0.243. The molecule has 1 fully saturated rings. The summed E-state index contributed by atoms with van der Waals surface area (Å²) in [6.07, 6.45) is -2.12. The van der Waals surface area contributed by atoms with Crippen molar-refractivity contribution in [2.75, 3.05) is 25.4 Å². The van der Waals surface area contributed by atoms with Crippen LogP contribution >= 0.6 is 0 Å². The molecule has 0 spiro atoms. The zero-order valence-electron chi connectivity index (χ0n) is 21.6. The van der Waals surface area contributed by atoms with Gasteiger partial charge in [-0.3, -0.25) is 4.79 Å². The summed E-state index contributed by atoms with van der Waals surface area (Å²) in [5, 5.41) is 16.9. The van der Waals surface area contributed by atoms with Crippen LogP contribution in [0.1, 0.15) is 25.8 Å². The molecule has 38 heavy (non-hydrogen) atoms. The molecule has 0 radical (unpaired) electrons. The number of nitrogen functional groups attached to an aromatic ring is 1. The molecule has 2 aromatic carbocycles. The van der Waals surface area contributed by atoms with Crippen molar-refractivity contribution in [3.8, 4) is 0 Å². The molecule has 1 aliphatic heterocycles. The van der Waals surface area contributed by atoms with Gasteiger partial charge in [-0.05, 0) is 42.2 Å². The van der Waals surface area contributed by atoms with Crippen LogP contribution in [0, 0.1) is 5.92 Å². The van der Waals surface area contributed by atoms with Crippen molar-refractivity contribution in [3.63, 3.8) is 0 Å². The molecule has 0 aromatic heterocycles. The number of ether oxygens (including phenoxy) is 1. The normalized spacial score (nSPS) is 19.3. The molecule has 2 aromatic rings. The second kappa shape index (κ2) is 13.1. The van der Waals surface area contributed by atoms with Crippen LogP contribution in [0.25, 0.3) is 0 Å². The summed E-state index contributed by atoms with van der Waals surface area (Å²) in [6.45, 7) is 3.94. The summed E-state index contributed by atoms with van der Waals surface area (Å²) in [4.78, 5) is 24.2. The average molecular weight is 548 g/mol. The monoisotopic (exact) mass is 547 g/mol. The summed E-state index contributed by atoms with van der Waals surface area (Å²) in [5.41, 5.74) is 12.3. The Balaban J connectivity index is 1.78. The van der Waals surface area contributed by atoms with E-state index in [4.69, 9.17) is 16.2 Å². The molecular formula is C26H37N5O6S. The van der Waals surface area contributed by atoms with Crippen LogP contribution in [0.5, 0.6) is 0 Å². The molecule has 2 amide bonds. The Morgan fingerprint density at radius 1 is 1.13 bits per heavy atom. The zero-order valence-corrected chi connectivity index (χ0v) is 22.4. The Hall–Kier alpha value is -3.19. The lowest BCUT2D eigenvalue weighted by molar-refractivity contribution is -0.119. The van der Waals surface area contributed by atoms with Crippen molar-refractivity contribution in [2.45, 2.75) is 55.9 Å². The summed E-state index contributed by atoms with van der Waals surface area (Å²) in [5.74, 6) is -0.550. The van der Waals surface area contributed by atoms with Gasteiger partial charge in [0, 0.05) is 31.7 Å². The molecule has 1 aliphatic rings. The van der Waals surface area contributed by atoms with Crippen molar-refractivity contribution in [1.82, 2.24) is 14.9 Å². The van der Waals surface area contributed by atoms with Crippen molar-refractivity contribution in [1.29, 1.82) is 0 Å². The number of hydrogen-bond acceptors (Lipinski definition) is 8. The summed E-state index contributed by atoms with van der Waals surface area (Å²) < 4.78 is 33.6. The molecule has 0 aliphatic carbocycles. The highest BCUT2D eigenvalue weighted by atomic mass is 32.2. The first-order valence-electron chi connectivity index (χ1n) is 12.5. The van der Waals surface area contributed by atoms with Crippen LogP contribution in [0.4, 0.5) is 10.5 Å². The highest BCUT2D eigenvalue weighted by Gasteiger charge is 2.34. The van der Waals surface area contributed by atoms with Crippen LogP contribution in [-0.4, -0.2) is 73.8 Å². The molecule has 1 heterocycles.